The molecule has 0 amide bonds. The second-order valence-corrected chi connectivity index (χ2v) is 6.52. The Morgan fingerprint density at radius 1 is 0.486 bits per heavy atom. The van der Waals surface area contributed by atoms with Crippen molar-refractivity contribution in [3.8, 4) is 23.0 Å². The smallest absolute Gasteiger partial charge is 0.528 e. The lowest BCUT2D eigenvalue weighted by Gasteiger charge is -2.24. The van der Waals surface area contributed by atoms with Crippen molar-refractivity contribution in [2.24, 2.45) is 0 Å². The average Bonchev–Trinajstić information content (AvgIpc) is 2.68. The summed E-state index contributed by atoms with van der Waals surface area (Å²) in [6.07, 6.45) is -31.3. The molecule has 2 aromatic rings. The Morgan fingerprint density at radius 3 is 1.06 bits per heavy atom. The van der Waals surface area contributed by atoms with Gasteiger partial charge in [0, 0.05) is 12.1 Å². The third-order valence-electron chi connectivity index (χ3n) is 3.76. The minimum absolute atomic E-state index is 0.327. The first-order valence-electron chi connectivity index (χ1n) is 8.93. The molecule has 0 atom stereocenters. The fraction of sp³-hybridized carbons (Fsp3) is 0.333. The molecule has 0 spiro atoms. The van der Waals surface area contributed by atoms with Crippen LogP contribution in [0.2, 0.25) is 0 Å². The molecule has 2 aromatic carbocycles. The van der Waals surface area contributed by atoms with Gasteiger partial charge >= 0.3 is 32.4 Å². The number of alkyl halides is 12. The fourth-order valence-electron chi connectivity index (χ4n) is 2.35. The average molecular weight is 530 g/mol. The van der Waals surface area contributed by atoms with Crippen LogP contribution in [0.4, 0.5) is 52.7 Å². The molecule has 0 fully saturated rings. The Balaban J connectivity index is 2.03. The molecule has 0 saturated carbocycles. The number of benzene rings is 2. The zero-order valence-electron chi connectivity index (χ0n) is 16.6. The highest BCUT2D eigenvalue weighted by Gasteiger charge is 2.60. The summed E-state index contributed by atoms with van der Waals surface area (Å²) in [4.78, 5) is 0. The molecule has 35 heavy (non-hydrogen) atoms. The Hall–Kier alpha value is -3.14. The highest BCUT2D eigenvalue weighted by atomic mass is 19.4. The van der Waals surface area contributed by atoms with Crippen LogP contribution in [0.1, 0.15) is 0 Å². The van der Waals surface area contributed by atoms with Crippen LogP contribution in [0.5, 0.6) is 23.0 Å². The van der Waals surface area contributed by atoms with Gasteiger partial charge in [-0.1, -0.05) is 12.1 Å². The van der Waals surface area contributed by atoms with E-state index in [9.17, 15) is 52.7 Å². The van der Waals surface area contributed by atoms with Gasteiger partial charge in [0.2, 0.25) is 0 Å². The van der Waals surface area contributed by atoms with Gasteiger partial charge in [0.1, 0.15) is 23.0 Å². The van der Waals surface area contributed by atoms with Crippen LogP contribution in [0, 0.1) is 0 Å². The third-order valence-corrected chi connectivity index (χ3v) is 3.76. The van der Waals surface area contributed by atoms with E-state index in [1.54, 1.807) is 0 Å². The van der Waals surface area contributed by atoms with Crippen molar-refractivity contribution in [1.29, 1.82) is 0 Å². The van der Waals surface area contributed by atoms with Gasteiger partial charge in [0.25, 0.3) is 12.2 Å². The standard InChI is InChI=1S/C18H11BF12O4/c20-15(21,22)13(16(23,24)25)32-9-3-1-5-11(7-9)34-19-35-12-6-2-4-10(8-12)33-14(17(26,27)28)18(29,30)31/h1-8,13-14,19H. The van der Waals surface area contributed by atoms with Gasteiger partial charge in [-0.25, -0.2) is 0 Å². The van der Waals surface area contributed by atoms with E-state index in [4.69, 9.17) is 9.31 Å². The van der Waals surface area contributed by atoms with Gasteiger partial charge in [-0.05, 0) is 24.3 Å². The molecule has 0 heterocycles. The van der Waals surface area contributed by atoms with E-state index in [-0.39, 0.29) is 11.5 Å². The van der Waals surface area contributed by atoms with E-state index in [2.05, 4.69) is 9.47 Å². The summed E-state index contributed by atoms with van der Waals surface area (Å²) in [5.74, 6) is -2.37. The lowest BCUT2D eigenvalue weighted by Crippen LogP contribution is -2.46. The lowest BCUT2D eigenvalue weighted by molar-refractivity contribution is -0.300. The number of hydrogen-bond donors (Lipinski definition) is 0. The molecule has 0 saturated heterocycles. The molecule has 0 unspecified atom stereocenters. The van der Waals surface area contributed by atoms with E-state index < -0.39 is 56.1 Å². The molecular formula is C18H11BF12O4. The Bertz CT molecular complexity index is 866. The largest absolute Gasteiger partial charge is 0.576 e. The molecule has 0 radical (unpaired) electrons. The number of ether oxygens (including phenoxy) is 2. The van der Waals surface area contributed by atoms with Gasteiger partial charge in [-0.2, -0.15) is 52.7 Å². The van der Waals surface area contributed by atoms with Gasteiger partial charge < -0.3 is 18.8 Å². The zero-order chi connectivity index (χ0) is 26.7. The first kappa shape index (κ1) is 28.1. The normalized spacial score (nSPS) is 13.1. The van der Waals surface area contributed by atoms with Crippen LogP contribution in [-0.4, -0.2) is 44.6 Å². The van der Waals surface area contributed by atoms with Crippen molar-refractivity contribution in [1.82, 2.24) is 0 Å². The lowest BCUT2D eigenvalue weighted by atomic mass is 10.2. The van der Waals surface area contributed by atoms with Crippen molar-refractivity contribution in [3.05, 3.63) is 48.5 Å². The monoisotopic (exact) mass is 530 g/mol. The summed E-state index contributed by atoms with van der Waals surface area (Å²) in [5, 5.41) is 0. The van der Waals surface area contributed by atoms with Gasteiger partial charge in [0.15, 0.2) is 0 Å². The van der Waals surface area contributed by atoms with E-state index in [1.165, 1.54) is 0 Å². The van der Waals surface area contributed by atoms with Crippen molar-refractivity contribution >= 4 is 7.69 Å². The molecule has 0 aromatic heterocycles. The van der Waals surface area contributed by atoms with Crippen molar-refractivity contribution in [3.63, 3.8) is 0 Å². The van der Waals surface area contributed by atoms with Crippen molar-refractivity contribution in [2.45, 2.75) is 36.9 Å². The maximum absolute atomic E-state index is 12.6. The molecule has 0 bridgehead atoms. The summed E-state index contributed by atoms with van der Waals surface area (Å²) in [6.45, 7) is 0. The Morgan fingerprint density at radius 2 is 0.771 bits per heavy atom. The molecule has 0 aliphatic rings. The fourth-order valence-corrected chi connectivity index (χ4v) is 2.35. The van der Waals surface area contributed by atoms with Crippen LogP contribution in [0.3, 0.4) is 0 Å². The van der Waals surface area contributed by atoms with Crippen molar-refractivity contribution in [2.75, 3.05) is 0 Å². The second kappa shape index (κ2) is 10.2. The molecule has 0 aliphatic heterocycles. The number of halogens is 12. The SMILES string of the molecule is FC(F)(F)C(Oc1cccc(OBOc2cccc(OC(C(F)(F)F)C(F)(F)F)c2)c1)C(F)(F)F. The summed E-state index contributed by atoms with van der Waals surface area (Å²) in [7, 11) is -0.795. The van der Waals surface area contributed by atoms with Gasteiger partial charge in [-0.15, -0.1) is 0 Å². The molecule has 2 rings (SSSR count). The summed E-state index contributed by atoms with van der Waals surface area (Å²) in [5.41, 5.74) is 0. The first-order valence-corrected chi connectivity index (χ1v) is 8.93. The maximum atomic E-state index is 12.6. The number of rotatable bonds is 8. The van der Waals surface area contributed by atoms with E-state index in [1.807, 2.05) is 0 Å². The zero-order valence-corrected chi connectivity index (χ0v) is 16.6. The molecule has 194 valence electrons. The maximum Gasteiger partial charge on any atom is 0.576 e. The van der Waals surface area contributed by atoms with Crippen LogP contribution in [-0.2, 0) is 0 Å². The topological polar surface area (TPSA) is 36.9 Å². The van der Waals surface area contributed by atoms with Crippen LogP contribution < -0.4 is 18.8 Å². The molecule has 0 aliphatic carbocycles. The quantitative estimate of drug-likeness (QED) is 0.303. The van der Waals surface area contributed by atoms with Crippen LogP contribution in [0.15, 0.2) is 48.5 Å². The second-order valence-electron chi connectivity index (χ2n) is 6.52. The minimum Gasteiger partial charge on any atom is -0.528 e. The molecule has 0 N–H and O–H groups in total. The molecule has 4 nitrogen and oxygen atoms in total. The Kier molecular flexibility index (Phi) is 8.22. The Labute approximate surface area is 188 Å². The van der Waals surface area contributed by atoms with E-state index in [0.717, 1.165) is 36.4 Å². The molecular weight excluding hydrogens is 519 g/mol. The minimum atomic E-state index is -5.76. The number of hydrogen-bond acceptors (Lipinski definition) is 4. The van der Waals surface area contributed by atoms with Gasteiger partial charge in [0.05, 0.1) is 0 Å². The van der Waals surface area contributed by atoms with Gasteiger partial charge in [-0.3, -0.25) is 0 Å². The van der Waals surface area contributed by atoms with Crippen LogP contribution >= 0.6 is 0 Å². The summed E-state index contributed by atoms with van der Waals surface area (Å²) < 4.78 is 169. The van der Waals surface area contributed by atoms with Crippen molar-refractivity contribution < 1.29 is 71.5 Å². The summed E-state index contributed by atoms with van der Waals surface area (Å²) >= 11 is 0. The highest BCUT2D eigenvalue weighted by Crippen LogP contribution is 2.38. The predicted molar refractivity (Wildman–Crippen MR) is 94.3 cm³/mol. The highest BCUT2D eigenvalue weighted by molar-refractivity contribution is 6.20. The van der Waals surface area contributed by atoms with E-state index >= 15 is 0 Å². The predicted octanol–water partition coefficient (Wildman–Crippen LogP) is 6.15. The first-order chi connectivity index (χ1) is 15.9. The molecule has 17 heteroatoms. The van der Waals surface area contributed by atoms with Crippen LogP contribution in [0.25, 0.3) is 0 Å². The summed E-state index contributed by atoms with van der Waals surface area (Å²) in [6, 6.07) is 7.11. The van der Waals surface area contributed by atoms with E-state index in [0.29, 0.717) is 12.1 Å². The third kappa shape index (κ3) is 8.54.